The number of nitrogens with two attached hydrogens (primary N) is 1. The molecule has 0 unspecified atom stereocenters. The van der Waals surface area contributed by atoms with Crippen LogP contribution in [0.3, 0.4) is 0 Å². The molecule has 0 radical (unpaired) electrons. The lowest BCUT2D eigenvalue weighted by Gasteiger charge is -2.31. The lowest BCUT2D eigenvalue weighted by Crippen LogP contribution is -2.30. The van der Waals surface area contributed by atoms with Gasteiger partial charge in [0.05, 0.1) is 14.2 Å². The van der Waals surface area contributed by atoms with E-state index in [9.17, 15) is 0 Å². The summed E-state index contributed by atoms with van der Waals surface area (Å²) in [6.45, 7) is 2.18. The molecule has 0 spiro atoms. The number of para-hydroxylation sites is 1. The topological polar surface area (TPSA) is 47.7 Å². The first-order valence-corrected chi connectivity index (χ1v) is 8.56. The van der Waals surface area contributed by atoms with Gasteiger partial charge in [-0.15, -0.1) is 0 Å². The van der Waals surface area contributed by atoms with Crippen molar-refractivity contribution in [2.45, 2.75) is 25.7 Å². The average Bonchev–Trinajstić information content (AvgIpc) is 2.62. The van der Waals surface area contributed by atoms with Crippen LogP contribution in [-0.2, 0) is 12.8 Å². The molecule has 2 N–H and O–H groups in total. The van der Waals surface area contributed by atoms with E-state index in [0.29, 0.717) is 5.75 Å². The summed E-state index contributed by atoms with van der Waals surface area (Å²) in [4.78, 5) is 2.50. The second kappa shape index (κ2) is 7.47. The minimum absolute atomic E-state index is 0.684. The Kier molecular flexibility index (Phi) is 5.14. The molecule has 0 amide bonds. The van der Waals surface area contributed by atoms with E-state index in [1.54, 1.807) is 14.2 Å². The minimum Gasteiger partial charge on any atom is -0.493 e. The van der Waals surface area contributed by atoms with Crippen molar-refractivity contribution in [3.63, 3.8) is 0 Å². The summed E-state index contributed by atoms with van der Waals surface area (Å²) in [5, 5.41) is 0. The third kappa shape index (κ3) is 3.42. The van der Waals surface area contributed by atoms with Gasteiger partial charge in [-0.1, -0.05) is 18.2 Å². The van der Waals surface area contributed by atoms with Crippen LogP contribution in [0.5, 0.6) is 11.5 Å². The second-order valence-electron chi connectivity index (χ2n) is 6.23. The zero-order valence-corrected chi connectivity index (χ0v) is 14.5. The Morgan fingerprint density at radius 2 is 1.83 bits per heavy atom. The van der Waals surface area contributed by atoms with Crippen LogP contribution >= 0.6 is 0 Å². The van der Waals surface area contributed by atoms with E-state index in [1.807, 2.05) is 12.1 Å². The molecule has 0 atom stereocenters. The van der Waals surface area contributed by atoms with Gasteiger partial charge in [-0.3, -0.25) is 0 Å². The van der Waals surface area contributed by atoms with E-state index in [0.717, 1.165) is 42.9 Å². The molecule has 0 saturated heterocycles. The van der Waals surface area contributed by atoms with E-state index < -0.39 is 0 Å². The number of nitrogens with zero attached hydrogens (tertiary/aromatic N) is 1. The second-order valence-corrected chi connectivity index (χ2v) is 6.23. The smallest absolute Gasteiger partial charge is 0.162 e. The highest BCUT2D eigenvalue weighted by Gasteiger charge is 2.16. The van der Waals surface area contributed by atoms with E-state index in [2.05, 4.69) is 29.2 Å². The van der Waals surface area contributed by atoms with Crippen LogP contribution in [0.4, 0.5) is 11.4 Å². The number of fused-ring (bicyclic) bond motifs is 1. The Morgan fingerprint density at radius 3 is 2.62 bits per heavy atom. The number of methoxy groups -OCH3 is 2. The van der Waals surface area contributed by atoms with Crippen molar-refractivity contribution in [2.75, 3.05) is 37.9 Å². The van der Waals surface area contributed by atoms with Gasteiger partial charge in [-0.05, 0) is 48.9 Å². The first-order valence-electron chi connectivity index (χ1n) is 8.56. The van der Waals surface area contributed by atoms with Gasteiger partial charge in [0.2, 0.25) is 0 Å². The van der Waals surface area contributed by atoms with Gasteiger partial charge in [0.1, 0.15) is 0 Å². The number of nitrogen functional groups attached to an aromatic ring is 1. The van der Waals surface area contributed by atoms with Crippen LogP contribution in [0.15, 0.2) is 36.4 Å². The third-order valence-corrected chi connectivity index (χ3v) is 4.73. The molecule has 3 rings (SSSR count). The Labute approximate surface area is 144 Å². The summed E-state index contributed by atoms with van der Waals surface area (Å²) >= 11 is 0. The molecule has 1 aliphatic rings. The number of hydrogen-bond acceptors (Lipinski definition) is 4. The molecule has 0 bridgehead atoms. The monoisotopic (exact) mass is 326 g/mol. The van der Waals surface area contributed by atoms with Gasteiger partial charge in [0.25, 0.3) is 0 Å². The van der Waals surface area contributed by atoms with Crippen LogP contribution in [0.25, 0.3) is 0 Å². The predicted molar refractivity (Wildman–Crippen MR) is 99.3 cm³/mol. The van der Waals surface area contributed by atoms with Crippen LogP contribution < -0.4 is 20.1 Å². The normalized spacial score (nSPS) is 13.5. The summed E-state index contributed by atoms with van der Waals surface area (Å²) in [7, 11) is 3.28. The quantitative estimate of drug-likeness (QED) is 0.823. The van der Waals surface area contributed by atoms with Gasteiger partial charge in [-0.25, -0.2) is 0 Å². The Bertz CT molecular complexity index is 700. The molecule has 0 saturated carbocycles. The lowest BCUT2D eigenvalue weighted by atomic mass is 10.0. The molecule has 4 nitrogen and oxygen atoms in total. The standard InChI is InChI=1S/C20H26N2O2/c1-23-19-13-16(17(21)14-20(19)24-2)9-6-12-22-11-5-8-15-7-3-4-10-18(15)22/h3-4,7,10,13-14H,5-6,8-9,11-12,21H2,1-2H3. The molecule has 2 aromatic carbocycles. The van der Waals surface area contributed by atoms with Crippen molar-refractivity contribution in [1.82, 2.24) is 0 Å². The summed E-state index contributed by atoms with van der Waals surface area (Å²) < 4.78 is 10.7. The molecule has 0 aromatic heterocycles. The first kappa shape index (κ1) is 16.5. The van der Waals surface area contributed by atoms with Gasteiger partial charge in [0, 0.05) is 30.5 Å². The number of aryl methyl sites for hydroxylation is 2. The fraction of sp³-hybridized carbons (Fsp3) is 0.400. The fourth-order valence-corrected chi connectivity index (χ4v) is 3.46. The maximum Gasteiger partial charge on any atom is 0.162 e. The molecule has 128 valence electrons. The molecule has 1 heterocycles. The van der Waals surface area contributed by atoms with Gasteiger partial charge < -0.3 is 20.1 Å². The SMILES string of the molecule is COc1cc(N)c(CCCN2CCCc3ccccc32)cc1OC. The molecular formula is C20H26N2O2. The fourth-order valence-electron chi connectivity index (χ4n) is 3.46. The summed E-state index contributed by atoms with van der Waals surface area (Å²) in [5.74, 6) is 1.42. The molecular weight excluding hydrogens is 300 g/mol. The Balaban J connectivity index is 1.65. The largest absolute Gasteiger partial charge is 0.493 e. The highest BCUT2D eigenvalue weighted by Crippen LogP contribution is 2.33. The molecule has 2 aromatic rings. The van der Waals surface area contributed by atoms with Crippen molar-refractivity contribution < 1.29 is 9.47 Å². The van der Waals surface area contributed by atoms with Crippen LogP contribution in [0.1, 0.15) is 24.0 Å². The first-order chi connectivity index (χ1) is 11.7. The third-order valence-electron chi connectivity index (χ3n) is 4.73. The predicted octanol–water partition coefficient (Wildman–Crippen LogP) is 3.67. The van der Waals surface area contributed by atoms with E-state index in [4.69, 9.17) is 15.2 Å². The molecule has 4 heteroatoms. The zero-order valence-electron chi connectivity index (χ0n) is 14.5. The molecule has 24 heavy (non-hydrogen) atoms. The van der Waals surface area contributed by atoms with Crippen molar-refractivity contribution in [1.29, 1.82) is 0 Å². The number of hydrogen-bond donors (Lipinski definition) is 1. The van der Waals surface area contributed by atoms with E-state index >= 15 is 0 Å². The molecule has 0 fully saturated rings. The van der Waals surface area contributed by atoms with Crippen molar-refractivity contribution in [2.24, 2.45) is 0 Å². The number of ether oxygens (including phenoxy) is 2. The van der Waals surface area contributed by atoms with Gasteiger partial charge >= 0.3 is 0 Å². The summed E-state index contributed by atoms with van der Waals surface area (Å²) in [6.07, 6.45) is 4.42. The van der Waals surface area contributed by atoms with Crippen LogP contribution in [0, 0.1) is 0 Å². The summed E-state index contributed by atoms with van der Waals surface area (Å²) in [5.41, 5.74) is 10.9. The number of rotatable bonds is 6. The Morgan fingerprint density at radius 1 is 1.08 bits per heavy atom. The van der Waals surface area contributed by atoms with Crippen molar-refractivity contribution >= 4 is 11.4 Å². The highest BCUT2D eigenvalue weighted by atomic mass is 16.5. The molecule has 1 aliphatic heterocycles. The number of benzene rings is 2. The van der Waals surface area contributed by atoms with Gasteiger partial charge in [-0.2, -0.15) is 0 Å². The van der Waals surface area contributed by atoms with Gasteiger partial charge in [0.15, 0.2) is 11.5 Å². The van der Waals surface area contributed by atoms with E-state index in [-0.39, 0.29) is 0 Å². The minimum atomic E-state index is 0.684. The molecule has 0 aliphatic carbocycles. The average molecular weight is 326 g/mol. The van der Waals surface area contributed by atoms with Crippen molar-refractivity contribution in [3.8, 4) is 11.5 Å². The number of anilines is 2. The van der Waals surface area contributed by atoms with Crippen molar-refractivity contribution in [3.05, 3.63) is 47.5 Å². The Hall–Kier alpha value is -2.36. The summed E-state index contributed by atoms with van der Waals surface area (Å²) in [6, 6.07) is 12.6. The van der Waals surface area contributed by atoms with Crippen LogP contribution in [-0.4, -0.2) is 27.3 Å². The maximum atomic E-state index is 6.17. The highest BCUT2D eigenvalue weighted by molar-refractivity contribution is 5.58. The zero-order chi connectivity index (χ0) is 16.9. The maximum absolute atomic E-state index is 6.17. The van der Waals surface area contributed by atoms with Crippen LogP contribution in [0.2, 0.25) is 0 Å². The lowest BCUT2D eigenvalue weighted by molar-refractivity contribution is 0.354. The van der Waals surface area contributed by atoms with E-state index in [1.165, 1.54) is 24.1 Å².